The average Bonchev–Trinajstić information content (AvgIpc) is 2.69. The number of carbonyl (C=O) groups excluding carboxylic acids is 1. The predicted molar refractivity (Wildman–Crippen MR) is 115 cm³/mol. The molecule has 27 heavy (non-hydrogen) atoms. The molecule has 0 radical (unpaired) electrons. The summed E-state index contributed by atoms with van der Waals surface area (Å²) in [6.45, 7) is 12.6. The van der Waals surface area contributed by atoms with Crippen molar-refractivity contribution in [3.63, 3.8) is 0 Å². The molecule has 0 saturated carbocycles. The van der Waals surface area contributed by atoms with Crippen molar-refractivity contribution in [2.24, 2.45) is 0 Å². The quantitative estimate of drug-likeness (QED) is 0.661. The maximum atomic E-state index is 12.6. The molecule has 4 heteroatoms. The van der Waals surface area contributed by atoms with Crippen molar-refractivity contribution in [1.29, 1.82) is 0 Å². The SMILES string of the molecule is CCN(Cc1ccccc1)C(=O)CCNc1ccc(N(CC)CC)cc1C. The van der Waals surface area contributed by atoms with E-state index < -0.39 is 0 Å². The first-order valence-corrected chi connectivity index (χ1v) is 10.00. The van der Waals surface area contributed by atoms with Crippen LogP contribution in [0.1, 0.15) is 38.3 Å². The van der Waals surface area contributed by atoms with Crippen LogP contribution in [-0.4, -0.2) is 37.0 Å². The van der Waals surface area contributed by atoms with Crippen LogP contribution in [0.25, 0.3) is 0 Å². The van der Waals surface area contributed by atoms with Gasteiger partial charge < -0.3 is 15.1 Å². The molecule has 0 spiro atoms. The number of nitrogens with one attached hydrogen (secondary N) is 1. The first kappa shape index (κ1) is 20.8. The molecule has 2 aromatic rings. The second-order valence-corrected chi connectivity index (χ2v) is 6.74. The summed E-state index contributed by atoms with van der Waals surface area (Å²) >= 11 is 0. The van der Waals surface area contributed by atoms with Crippen molar-refractivity contribution in [3.05, 3.63) is 59.7 Å². The Balaban J connectivity index is 1.88. The fourth-order valence-corrected chi connectivity index (χ4v) is 3.27. The van der Waals surface area contributed by atoms with Crippen LogP contribution < -0.4 is 10.2 Å². The van der Waals surface area contributed by atoms with E-state index in [0.717, 1.165) is 25.3 Å². The molecule has 0 atom stereocenters. The highest BCUT2D eigenvalue weighted by molar-refractivity contribution is 5.76. The molecule has 0 fully saturated rings. The summed E-state index contributed by atoms with van der Waals surface area (Å²) < 4.78 is 0. The summed E-state index contributed by atoms with van der Waals surface area (Å²) in [6.07, 6.45) is 0.498. The van der Waals surface area contributed by atoms with E-state index in [9.17, 15) is 4.79 Å². The molecule has 2 aromatic carbocycles. The van der Waals surface area contributed by atoms with Crippen LogP contribution >= 0.6 is 0 Å². The number of hydrogen-bond acceptors (Lipinski definition) is 3. The lowest BCUT2D eigenvalue weighted by molar-refractivity contribution is -0.131. The molecule has 0 heterocycles. The topological polar surface area (TPSA) is 35.6 Å². The molecular formula is C23H33N3O. The molecule has 0 saturated heterocycles. The van der Waals surface area contributed by atoms with Gasteiger partial charge in [0.25, 0.3) is 0 Å². The van der Waals surface area contributed by atoms with Crippen molar-refractivity contribution in [2.75, 3.05) is 36.4 Å². The van der Waals surface area contributed by atoms with Crippen LogP contribution in [0.4, 0.5) is 11.4 Å². The number of carbonyl (C=O) groups is 1. The Morgan fingerprint density at radius 1 is 0.963 bits per heavy atom. The van der Waals surface area contributed by atoms with E-state index >= 15 is 0 Å². The number of anilines is 2. The Morgan fingerprint density at radius 2 is 1.67 bits per heavy atom. The van der Waals surface area contributed by atoms with Gasteiger partial charge in [-0.05, 0) is 57.0 Å². The minimum Gasteiger partial charge on any atom is -0.384 e. The van der Waals surface area contributed by atoms with Gasteiger partial charge in [-0.2, -0.15) is 0 Å². The van der Waals surface area contributed by atoms with Gasteiger partial charge in [-0.25, -0.2) is 0 Å². The normalized spacial score (nSPS) is 10.5. The van der Waals surface area contributed by atoms with E-state index in [0.29, 0.717) is 19.5 Å². The second kappa shape index (κ2) is 10.6. The first-order chi connectivity index (χ1) is 13.1. The molecule has 0 aliphatic carbocycles. The number of amides is 1. The lowest BCUT2D eigenvalue weighted by Gasteiger charge is -2.23. The Labute approximate surface area is 164 Å². The van der Waals surface area contributed by atoms with Gasteiger partial charge in [-0.15, -0.1) is 0 Å². The van der Waals surface area contributed by atoms with Crippen LogP contribution in [-0.2, 0) is 11.3 Å². The van der Waals surface area contributed by atoms with E-state index in [-0.39, 0.29) is 5.91 Å². The van der Waals surface area contributed by atoms with Crippen LogP contribution in [0.15, 0.2) is 48.5 Å². The lowest BCUT2D eigenvalue weighted by Crippen LogP contribution is -2.31. The maximum Gasteiger partial charge on any atom is 0.224 e. The third kappa shape index (κ3) is 6.02. The molecule has 2 rings (SSSR count). The van der Waals surface area contributed by atoms with E-state index in [4.69, 9.17) is 0 Å². The number of nitrogens with zero attached hydrogens (tertiary/aromatic N) is 2. The number of aryl methyl sites for hydroxylation is 1. The Hall–Kier alpha value is -2.49. The minimum atomic E-state index is 0.186. The van der Waals surface area contributed by atoms with Gasteiger partial charge in [-0.1, -0.05) is 30.3 Å². The third-order valence-corrected chi connectivity index (χ3v) is 4.94. The standard InChI is InChI=1S/C23H33N3O/c1-5-25(6-2)21-13-14-22(19(4)17-21)24-16-15-23(27)26(7-3)18-20-11-9-8-10-12-20/h8-14,17,24H,5-7,15-16,18H2,1-4H3. The van der Waals surface area contributed by atoms with Crippen LogP contribution in [0.2, 0.25) is 0 Å². The summed E-state index contributed by atoms with van der Waals surface area (Å²) in [5, 5.41) is 3.42. The Morgan fingerprint density at radius 3 is 2.26 bits per heavy atom. The average molecular weight is 368 g/mol. The van der Waals surface area contributed by atoms with E-state index in [1.165, 1.54) is 16.8 Å². The van der Waals surface area contributed by atoms with Crippen LogP contribution in [0, 0.1) is 6.92 Å². The molecule has 0 bridgehead atoms. The fourth-order valence-electron chi connectivity index (χ4n) is 3.27. The largest absolute Gasteiger partial charge is 0.384 e. The molecule has 0 aliphatic rings. The summed E-state index contributed by atoms with van der Waals surface area (Å²) in [5.41, 5.74) is 4.73. The van der Waals surface area contributed by atoms with Gasteiger partial charge in [0.15, 0.2) is 0 Å². The number of rotatable bonds is 10. The highest BCUT2D eigenvalue weighted by Crippen LogP contribution is 2.22. The van der Waals surface area contributed by atoms with Crippen molar-refractivity contribution in [3.8, 4) is 0 Å². The zero-order valence-corrected chi connectivity index (χ0v) is 17.2. The summed E-state index contributed by atoms with van der Waals surface area (Å²) in [5.74, 6) is 0.186. The molecule has 146 valence electrons. The molecule has 0 aliphatic heterocycles. The monoisotopic (exact) mass is 367 g/mol. The lowest BCUT2D eigenvalue weighted by atomic mass is 10.1. The van der Waals surface area contributed by atoms with E-state index in [1.807, 2.05) is 30.0 Å². The van der Waals surface area contributed by atoms with Gasteiger partial charge in [0.05, 0.1) is 0 Å². The third-order valence-electron chi connectivity index (χ3n) is 4.94. The van der Waals surface area contributed by atoms with Crippen LogP contribution in [0.5, 0.6) is 0 Å². The Bertz CT molecular complexity index is 711. The number of hydrogen-bond donors (Lipinski definition) is 1. The smallest absolute Gasteiger partial charge is 0.224 e. The van der Waals surface area contributed by atoms with Gasteiger partial charge in [0, 0.05) is 50.5 Å². The Kier molecular flexibility index (Phi) is 8.18. The molecular weight excluding hydrogens is 334 g/mol. The van der Waals surface area contributed by atoms with Crippen molar-refractivity contribution >= 4 is 17.3 Å². The summed E-state index contributed by atoms with van der Waals surface area (Å²) in [4.78, 5) is 16.8. The molecule has 1 amide bonds. The molecule has 0 unspecified atom stereocenters. The summed E-state index contributed by atoms with van der Waals surface area (Å²) in [6, 6.07) is 16.6. The van der Waals surface area contributed by atoms with Gasteiger partial charge in [-0.3, -0.25) is 4.79 Å². The van der Waals surface area contributed by atoms with E-state index in [1.54, 1.807) is 0 Å². The zero-order chi connectivity index (χ0) is 19.6. The van der Waals surface area contributed by atoms with Gasteiger partial charge in [0.1, 0.15) is 0 Å². The van der Waals surface area contributed by atoms with Crippen molar-refractivity contribution in [2.45, 2.75) is 40.7 Å². The van der Waals surface area contributed by atoms with Gasteiger partial charge in [0.2, 0.25) is 5.91 Å². The summed E-state index contributed by atoms with van der Waals surface area (Å²) in [7, 11) is 0. The minimum absolute atomic E-state index is 0.186. The predicted octanol–water partition coefficient (Wildman–Crippen LogP) is 4.69. The maximum absolute atomic E-state index is 12.6. The number of benzene rings is 2. The zero-order valence-electron chi connectivity index (χ0n) is 17.2. The van der Waals surface area contributed by atoms with Crippen molar-refractivity contribution in [1.82, 2.24) is 4.90 Å². The molecule has 0 aromatic heterocycles. The highest BCUT2D eigenvalue weighted by Gasteiger charge is 2.12. The molecule has 1 N–H and O–H groups in total. The van der Waals surface area contributed by atoms with E-state index in [2.05, 4.69) is 61.3 Å². The fraction of sp³-hybridized carbons (Fsp3) is 0.435. The van der Waals surface area contributed by atoms with Gasteiger partial charge >= 0.3 is 0 Å². The van der Waals surface area contributed by atoms with Crippen molar-refractivity contribution < 1.29 is 4.79 Å². The van der Waals surface area contributed by atoms with Crippen LogP contribution in [0.3, 0.4) is 0 Å². The first-order valence-electron chi connectivity index (χ1n) is 10.00. The molecule has 4 nitrogen and oxygen atoms in total. The highest BCUT2D eigenvalue weighted by atomic mass is 16.2. The second-order valence-electron chi connectivity index (χ2n) is 6.74.